The Morgan fingerprint density at radius 2 is 1.28 bits per heavy atom. The van der Waals surface area contributed by atoms with E-state index in [0.717, 1.165) is 6.42 Å². The minimum Gasteiger partial charge on any atom is -0.0656 e. The predicted molar refractivity (Wildman–Crippen MR) is 150 cm³/mol. The maximum atomic E-state index is 2.54. The maximum absolute atomic E-state index is 2.54. The van der Waals surface area contributed by atoms with Crippen LogP contribution >= 0.6 is 0 Å². The Morgan fingerprint density at radius 1 is 0.688 bits per heavy atom. The van der Waals surface area contributed by atoms with E-state index >= 15 is 0 Å². The van der Waals surface area contributed by atoms with Crippen molar-refractivity contribution in [3.8, 4) is 22.3 Å². The van der Waals surface area contributed by atoms with Gasteiger partial charge in [0, 0.05) is 0 Å². The zero-order chi connectivity index (χ0) is 23.3. The third-order valence-electron chi connectivity index (χ3n) is 6.84. The highest BCUT2D eigenvalue weighted by Crippen LogP contribution is 2.42. The fourth-order valence-corrected chi connectivity index (χ4v) is 7.11. The van der Waals surface area contributed by atoms with Gasteiger partial charge in [0.15, 0.2) is 0 Å². The predicted octanol–water partition coefficient (Wildman–Crippen LogP) is 7.71. The van der Waals surface area contributed by atoms with E-state index < -0.39 is 16.1 Å². The Labute approximate surface area is 197 Å². The molecule has 0 atom stereocenters. The molecule has 0 nitrogen and oxygen atoms in total. The molecule has 0 spiro atoms. The van der Waals surface area contributed by atoms with E-state index in [1.807, 2.05) is 0 Å². The minimum atomic E-state index is -1.45. The minimum absolute atomic E-state index is 0.585. The van der Waals surface area contributed by atoms with Gasteiger partial charge < -0.3 is 0 Å². The molecule has 0 saturated heterocycles. The third-order valence-corrected chi connectivity index (χ3v) is 10.9. The second-order valence-corrected chi connectivity index (χ2v) is 21.9. The van der Waals surface area contributed by atoms with Gasteiger partial charge in [-0.1, -0.05) is 136 Å². The first-order valence-corrected chi connectivity index (χ1v) is 19.0. The van der Waals surface area contributed by atoms with Gasteiger partial charge >= 0.3 is 0 Å². The van der Waals surface area contributed by atoms with Crippen molar-refractivity contribution in [2.24, 2.45) is 5.92 Å². The lowest BCUT2D eigenvalue weighted by Gasteiger charge is -2.25. The molecule has 0 heterocycles. The number of benzene rings is 3. The van der Waals surface area contributed by atoms with Gasteiger partial charge in [-0.15, -0.1) is 0 Å². The van der Waals surface area contributed by atoms with Crippen molar-refractivity contribution < 1.29 is 0 Å². The molecule has 0 unspecified atom stereocenters. The van der Waals surface area contributed by atoms with E-state index in [0.29, 0.717) is 5.92 Å². The number of hydrogen-bond acceptors (Lipinski definition) is 0. The molecule has 0 aromatic heterocycles. The van der Waals surface area contributed by atoms with E-state index in [4.69, 9.17) is 0 Å². The van der Waals surface area contributed by atoms with Crippen LogP contribution < -0.4 is 10.4 Å². The molecule has 3 aromatic carbocycles. The van der Waals surface area contributed by atoms with E-state index in [2.05, 4.69) is 120 Å². The SMILES string of the molecule is CC(C)C1=Cc2c(ccc(-c3ccccc3)c2-c2cc([Si](C)(C)C)cc([Si](C)(C)C)c2)C1. The molecule has 0 bridgehead atoms. The average molecular weight is 455 g/mol. The van der Waals surface area contributed by atoms with E-state index in [-0.39, 0.29) is 0 Å². The summed E-state index contributed by atoms with van der Waals surface area (Å²) < 4.78 is 0. The van der Waals surface area contributed by atoms with Crippen LogP contribution in [0.4, 0.5) is 0 Å². The lowest BCUT2D eigenvalue weighted by molar-refractivity contribution is 0.754. The average Bonchev–Trinajstić information content (AvgIpc) is 3.17. The molecule has 3 aromatic rings. The fraction of sp³-hybridized carbons (Fsp3) is 0.333. The normalized spacial score (nSPS) is 14.0. The van der Waals surface area contributed by atoms with Crippen LogP contribution in [-0.2, 0) is 6.42 Å². The first-order chi connectivity index (χ1) is 14.9. The standard InChI is InChI=1S/C30H38Si2/c1-21(2)24-16-23-14-15-28(22-12-10-9-11-13-22)30(29(23)19-24)25-17-26(31(3,4)5)20-27(18-25)32(6,7)8/h9-15,17-21H,16H2,1-8H3. The molecular weight excluding hydrogens is 417 g/mol. The van der Waals surface area contributed by atoms with Gasteiger partial charge in [-0.25, -0.2) is 0 Å². The zero-order valence-corrected chi connectivity index (χ0v) is 23.1. The van der Waals surface area contributed by atoms with Crippen LogP contribution in [-0.4, -0.2) is 16.1 Å². The molecule has 0 radical (unpaired) electrons. The molecule has 1 aliphatic rings. The van der Waals surface area contributed by atoms with Crippen LogP contribution in [0.1, 0.15) is 25.0 Å². The number of hydrogen-bond donors (Lipinski definition) is 0. The molecule has 4 rings (SSSR count). The lowest BCUT2D eigenvalue weighted by Crippen LogP contribution is -2.45. The lowest BCUT2D eigenvalue weighted by atomic mass is 9.89. The molecule has 0 saturated carbocycles. The van der Waals surface area contributed by atoms with Crippen LogP contribution in [0.25, 0.3) is 28.3 Å². The van der Waals surface area contributed by atoms with Gasteiger partial charge in [-0.3, -0.25) is 0 Å². The second-order valence-electron chi connectivity index (χ2n) is 11.8. The number of allylic oxidation sites excluding steroid dienone is 1. The topological polar surface area (TPSA) is 0 Å². The molecule has 0 N–H and O–H groups in total. The molecule has 0 amide bonds. The van der Waals surface area contributed by atoms with Crippen LogP contribution in [0.2, 0.25) is 39.3 Å². The molecular formula is C30H38Si2. The fourth-order valence-electron chi connectivity index (χ4n) is 4.62. The third kappa shape index (κ3) is 4.49. The highest BCUT2D eigenvalue weighted by molar-refractivity contribution is 6.91. The Hall–Kier alpha value is -2.17. The summed E-state index contributed by atoms with van der Waals surface area (Å²) in [6.07, 6.45) is 3.58. The van der Waals surface area contributed by atoms with Crippen molar-refractivity contribution >= 4 is 32.6 Å². The first-order valence-electron chi connectivity index (χ1n) is 12.0. The van der Waals surface area contributed by atoms with Crippen molar-refractivity contribution in [3.63, 3.8) is 0 Å². The first kappa shape index (κ1) is 23.0. The Balaban J connectivity index is 2.06. The Bertz CT molecular complexity index is 1140. The molecule has 2 heteroatoms. The second kappa shape index (κ2) is 8.31. The van der Waals surface area contributed by atoms with E-state index in [1.54, 1.807) is 15.9 Å². The van der Waals surface area contributed by atoms with Crippen LogP contribution in [0.15, 0.2) is 66.2 Å². The van der Waals surface area contributed by atoms with Crippen molar-refractivity contribution in [3.05, 3.63) is 77.4 Å². The van der Waals surface area contributed by atoms with Gasteiger partial charge in [-0.2, -0.15) is 0 Å². The zero-order valence-electron chi connectivity index (χ0n) is 21.1. The van der Waals surface area contributed by atoms with Gasteiger partial charge in [0.1, 0.15) is 0 Å². The molecule has 166 valence electrons. The molecule has 32 heavy (non-hydrogen) atoms. The molecule has 0 aliphatic heterocycles. The van der Waals surface area contributed by atoms with Crippen molar-refractivity contribution in [1.82, 2.24) is 0 Å². The summed E-state index contributed by atoms with van der Waals surface area (Å²) in [5.41, 5.74) is 10.0. The smallest absolute Gasteiger partial charge is 0.0656 e. The number of rotatable bonds is 5. The Morgan fingerprint density at radius 3 is 1.81 bits per heavy atom. The quantitative estimate of drug-likeness (QED) is 0.346. The summed E-state index contributed by atoms with van der Waals surface area (Å²) in [5.74, 6) is 0.585. The van der Waals surface area contributed by atoms with Gasteiger partial charge in [0.05, 0.1) is 16.1 Å². The van der Waals surface area contributed by atoms with Crippen LogP contribution in [0, 0.1) is 5.92 Å². The summed E-state index contributed by atoms with van der Waals surface area (Å²) in [6, 6.07) is 23.3. The van der Waals surface area contributed by atoms with E-state index in [9.17, 15) is 0 Å². The van der Waals surface area contributed by atoms with Gasteiger partial charge in [-0.05, 0) is 45.7 Å². The van der Waals surface area contributed by atoms with Gasteiger partial charge in [0.25, 0.3) is 0 Å². The highest BCUT2D eigenvalue weighted by atomic mass is 28.3. The van der Waals surface area contributed by atoms with Crippen molar-refractivity contribution in [1.29, 1.82) is 0 Å². The summed E-state index contributed by atoms with van der Waals surface area (Å²) in [6.45, 7) is 19.5. The van der Waals surface area contributed by atoms with Crippen molar-refractivity contribution in [2.45, 2.75) is 59.6 Å². The molecule has 0 fully saturated rings. The number of fused-ring (bicyclic) bond motifs is 1. The maximum Gasteiger partial charge on any atom is 0.0776 e. The summed E-state index contributed by atoms with van der Waals surface area (Å²) in [4.78, 5) is 0. The van der Waals surface area contributed by atoms with E-state index in [1.165, 1.54) is 33.4 Å². The van der Waals surface area contributed by atoms with Crippen LogP contribution in [0.5, 0.6) is 0 Å². The van der Waals surface area contributed by atoms with Crippen LogP contribution in [0.3, 0.4) is 0 Å². The molecule has 1 aliphatic carbocycles. The highest BCUT2D eigenvalue weighted by Gasteiger charge is 2.26. The monoisotopic (exact) mass is 454 g/mol. The summed E-state index contributed by atoms with van der Waals surface area (Å²) in [5, 5.41) is 3.16. The Kier molecular flexibility index (Phi) is 5.98. The summed E-state index contributed by atoms with van der Waals surface area (Å²) in [7, 11) is -2.91. The summed E-state index contributed by atoms with van der Waals surface area (Å²) >= 11 is 0. The largest absolute Gasteiger partial charge is 0.0776 e. The van der Waals surface area contributed by atoms with Gasteiger partial charge in [0.2, 0.25) is 0 Å². The van der Waals surface area contributed by atoms with Crippen molar-refractivity contribution in [2.75, 3.05) is 0 Å².